The molecular formula is C20H31N3O5. The Morgan fingerprint density at radius 3 is 2.61 bits per heavy atom. The molecule has 0 radical (unpaired) electrons. The smallest absolute Gasteiger partial charge is 0.407 e. The van der Waals surface area contributed by atoms with Crippen LogP contribution in [0.25, 0.3) is 0 Å². The first-order valence-corrected chi connectivity index (χ1v) is 10.2. The van der Waals surface area contributed by atoms with E-state index in [0.717, 1.165) is 38.5 Å². The molecule has 2 amide bonds. The number of amides is 2. The fourth-order valence-electron chi connectivity index (χ4n) is 3.59. The average molecular weight is 393 g/mol. The van der Waals surface area contributed by atoms with Crippen molar-refractivity contribution < 1.29 is 23.6 Å². The first kappa shape index (κ1) is 21.9. The van der Waals surface area contributed by atoms with Gasteiger partial charge in [0, 0.05) is 11.5 Å². The van der Waals surface area contributed by atoms with Crippen molar-refractivity contribution in [2.75, 3.05) is 11.9 Å². The maximum atomic E-state index is 12.5. The highest BCUT2D eigenvalue weighted by Crippen LogP contribution is 2.39. The standard InChI is InChI=1S/C20H31N3O5/c1-3-5-9-15(17(24)18(25)22-16-10-13-28-23-16)21-19(26)27-14-20(4-2)11-7-6-8-12-20/h10,13,15H,3-9,11-12,14H2,1-2H3,(H,21,26)(H,22,23,25)/t15-/m0/s1. The number of rotatable bonds is 10. The number of ketones is 1. The van der Waals surface area contributed by atoms with E-state index in [1.165, 1.54) is 18.8 Å². The summed E-state index contributed by atoms with van der Waals surface area (Å²) in [6, 6.07) is 0.505. The lowest BCUT2D eigenvalue weighted by molar-refractivity contribution is -0.136. The van der Waals surface area contributed by atoms with E-state index in [9.17, 15) is 14.4 Å². The molecule has 1 fully saturated rings. The van der Waals surface area contributed by atoms with Crippen LogP contribution in [0, 0.1) is 5.41 Å². The van der Waals surface area contributed by atoms with E-state index in [4.69, 9.17) is 4.74 Å². The molecule has 0 aliphatic heterocycles. The highest BCUT2D eigenvalue weighted by Gasteiger charge is 2.33. The molecule has 1 aromatic heterocycles. The number of carbonyl (C=O) groups is 3. The highest BCUT2D eigenvalue weighted by molar-refractivity contribution is 6.42. The van der Waals surface area contributed by atoms with E-state index in [0.29, 0.717) is 19.4 Å². The molecule has 0 saturated heterocycles. The second kappa shape index (κ2) is 10.8. The number of alkyl carbamates (subject to hydrolysis) is 1. The fourth-order valence-corrected chi connectivity index (χ4v) is 3.59. The second-order valence-electron chi connectivity index (χ2n) is 7.53. The van der Waals surface area contributed by atoms with Crippen LogP contribution in [-0.2, 0) is 14.3 Å². The van der Waals surface area contributed by atoms with Crippen LogP contribution in [0.3, 0.4) is 0 Å². The first-order chi connectivity index (χ1) is 13.5. The number of nitrogens with zero attached hydrogens (tertiary/aromatic N) is 1. The van der Waals surface area contributed by atoms with Crippen LogP contribution in [0.1, 0.15) is 71.6 Å². The Morgan fingerprint density at radius 2 is 2.00 bits per heavy atom. The molecule has 1 aromatic rings. The lowest BCUT2D eigenvalue weighted by atomic mass is 9.73. The molecule has 2 rings (SSSR count). The normalized spacial score (nSPS) is 16.8. The summed E-state index contributed by atoms with van der Waals surface area (Å²) < 4.78 is 10.1. The van der Waals surface area contributed by atoms with Crippen molar-refractivity contribution in [2.45, 2.75) is 77.7 Å². The highest BCUT2D eigenvalue weighted by atomic mass is 16.5. The summed E-state index contributed by atoms with van der Waals surface area (Å²) in [5.41, 5.74) is 0.0306. The van der Waals surface area contributed by atoms with Gasteiger partial charge in [0.05, 0.1) is 6.61 Å². The van der Waals surface area contributed by atoms with Gasteiger partial charge < -0.3 is 19.9 Å². The Labute approximate surface area is 165 Å². The Hall–Kier alpha value is -2.38. The Bertz CT molecular complexity index is 638. The number of hydrogen-bond donors (Lipinski definition) is 2. The number of anilines is 1. The van der Waals surface area contributed by atoms with Gasteiger partial charge in [0.15, 0.2) is 5.82 Å². The molecule has 0 bridgehead atoms. The summed E-state index contributed by atoms with van der Waals surface area (Å²) in [6.45, 7) is 4.44. The number of unbranched alkanes of at least 4 members (excludes halogenated alkanes) is 1. The second-order valence-corrected chi connectivity index (χ2v) is 7.53. The third-order valence-corrected chi connectivity index (χ3v) is 5.53. The lowest BCUT2D eigenvalue weighted by Crippen LogP contribution is -2.46. The van der Waals surface area contributed by atoms with Crippen LogP contribution < -0.4 is 10.6 Å². The molecule has 0 aromatic carbocycles. The van der Waals surface area contributed by atoms with Gasteiger partial charge in [-0.2, -0.15) is 0 Å². The fraction of sp³-hybridized carbons (Fsp3) is 0.700. The van der Waals surface area contributed by atoms with Crippen LogP contribution in [0.5, 0.6) is 0 Å². The number of Topliss-reactive ketones (excluding diaryl/α,β-unsaturated/α-hetero) is 1. The number of hydrogen-bond acceptors (Lipinski definition) is 6. The van der Waals surface area contributed by atoms with Crippen LogP contribution in [0.15, 0.2) is 16.9 Å². The van der Waals surface area contributed by atoms with Gasteiger partial charge in [-0.1, -0.05) is 51.1 Å². The number of ether oxygens (including phenoxy) is 1. The summed E-state index contributed by atoms with van der Waals surface area (Å²) in [5, 5.41) is 8.49. The quantitative estimate of drug-likeness (QED) is 0.585. The van der Waals surface area contributed by atoms with Crippen molar-refractivity contribution in [1.29, 1.82) is 0 Å². The molecule has 1 aliphatic carbocycles. The zero-order valence-electron chi connectivity index (χ0n) is 16.8. The Balaban J connectivity index is 1.91. The summed E-state index contributed by atoms with van der Waals surface area (Å²) >= 11 is 0. The van der Waals surface area contributed by atoms with Gasteiger partial charge in [-0.3, -0.25) is 9.59 Å². The minimum atomic E-state index is -0.928. The van der Waals surface area contributed by atoms with Crippen molar-refractivity contribution in [3.05, 3.63) is 12.3 Å². The predicted octanol–water partition coefficient (Wildman–Crippen LogP) is 3.83. The minimum Gasteiger partial charge on any atom is -0.449 e. The summed E-state index contributed by atoms with van der Waals surface area (Å²) in [6.07, 6.45) is 9.13. The van der Waals surface area contributed by atoms with Gasteiger partial charge in [0.25, 0.3) is 5.91 Å². The average Bonchev–Trinajstić information content (AvgIpc) is 3.22. The van der Waals surface area contributed by atoms with Crippen molar-refractivity contribution >= 4 is 23.6 Å². The minimum absolute atomic E-state index is 0.0306. The van der Waals surface area contributed by atoms with Crippen molar-refractivity contribution in [2.24, 2.45) is 5.41 Å². The SMILES string of the molecule is CCCC[C@H](NC(=O)OCC1(CC)CCCCC1)C(=O)C(=O)Nc1ccon1. The number of nitrogens with one attached hydrogen (secondary N) is 2. The Kier molecular flexibility index (Phi) is 8.47. The van der Waals surface area contributed by atoms with Crippen molar-refractivity contribution in [3.63, 3.8) is 0 Å². The summed E-state index contributed by atoms with van der Waals surface area (Å²) in [5.74, 6) is -1.42. The molecular weight excluding hydrogens is 362 g/mol. The molecule has 8 nitrogen and oxygen atoms in total. The third kappa shape index (κ3) is 6.35. The summed E-state index contributed by atoms with van der Waals surface area (Å²) in [4.78, 5) is 37.0. The van der Waals surface area contributed by atoms with E-state index < -0.39 is 23.8 Å². The molecule has 0 unspecified atom stereocenters. The van der Waals surface area contributed by atoms with E-state index in [2.05, 4.69) is 27.2 Å². The van der Waals surface area contributed by atoms with Crippen LogP contribution in [-0.4, -0.2) is 35.6 Å². The summed E-state index contributed by atoms with van der Waals surface area (Å²) in [7, 11) is 0. The molecule has 28 heavy (non-hydrogen) atoms. The van der Waals surface area contributed by atoms with Gasteiger partial charge >= 0.3 is 6.09 Å². The monoisotopic (exact) mass is 393 g/mol. The predicted molar refractivity (Wildman–Crippen MR) is 104 cm³/mol. The van der Waals surface area contributed by atoms with Crippen LogP contribution >= 0.6 is 0 Å². The molecule has 156 valence electrons. The molecule has 2 N–H and O–H groups in total. The first-order valence-electron chi connectivity index (χ1n) is 10.2. The van der Waals surface area contributed by atoms with E-state index in [1.54, 1.807) is 0 Å². The Morgan fingerprint density at radius 1 is 1.25 bits per heavy atom. The maximum Gasteiger partial charge on any atom is 0.407 e. The maximum absolute atomic E-state index is 12.5. The van der Waals surface area contributed by atoms with E-state index >= 15 is 0 Å². The number of aromatic nitrogens is 1. The molecule has 1 heterocycles. The van der Waals surface area contributed by atoms with Crippen LogP contribution in [0.4, 0.5) is 10.6 Å². The van der Waals surface area contributed by atoms with Gasteiger partial charge in [-0.25, -0.2) is 4.79 Å². The zero-order valence-corrected chi connectivity index (χ0v) is 16.8. The topological polar surface area (TPSA) is 111 Å². The molecule has 8 heteroatoms. The molecule has 1 saturated carbocycles. The molecule has 1 atom stereocenters. The van der Waals surface area contributed by atoms with Gasteiger partial charge in [0.2, 0.25) is 5.78 Å². The zero-order chi connectivity index (χ0) is 20.4. The molecule has 1 aliphatic rings. The largest absolute Gasteiger partial charge is 0.449 e. The molecule has 0 spiro atoms. The van der Waals surface area contributed by atoms with Gasteiger partial charge in [-0.05, 0) is 25.7 Å². The third-order valence-electron chi connectivity index (χ3n) is 5.53. The van der Waals surface area contributed by atoms with Gasteiger partial charge in [0.1, 0.15) is 12.3 Å². The van der Waals surface area contributed by atoms with Crippen LogP contribution in [0.2, 0.25) is 0 Å². The van der Waals surface area contributed by atoms with Crippen molar-refractivity contribution in [1.82, 2.24) is 10.5 Å². The van der Waals surface area contributed by atoms with E-state index in [1.807, 2.05) is 6.92 Å². The lowest BCUT2D eigenvalue weighted by Gasteiger charge is -2.35. The van der Waals surface area contributed by atoms with E-state index in [-0.39, 0.29) is 11.2 Å². The number of carbonyl (C=O) groups excluding carboxylic acids is 3. The van der Waals surface area contributed by atoms with Crippen molar-refractivity contribution in [3.8, 4) is 0 Å². The van der Waals surface area contributed by atoms with Gasteiger partial charge in [-0.15, -0.1) is 0 Å².